The van der Waals surface area contributed by atoms with Gasteiger partial charge in [0, 0.05) is 27.1 Å². The van der Waals surface area contributed by atoms with Crippen molar-refractivity contribution in [2.24, 2.45) is 0 Å². The number of nitrogens with one attached hydrogen (secondary N) is 1. The van der Waals surface area contributed by atoms with Crippen molar-refractivity contribution in [3.05, 3.63) is 115 Å². The lowest BCUT2D eigenvalue weighted by Gasteiger charge is -2.18. The summed E-state index contributed by atoms with van der Waals surface area (Å²) in [6.45, 7) is 0. The van der Waals surface area contributed by atoms with E-state index in [4.69, 9.17) is 17.2 Å². The van der Waals surface area contributed by atoms with E-state index in [0.29, 0.717) is 12.1 Å². The van der Waals surface area contributed by atoms with Crippen LogP contribution in [0.4, 0.5) is 11.4 Å². The summed E-state index contributed by atoms with van der Waals surface area (Å²) in [6.07, 6.45) is -0.0987. The molecule has 1 heterocycles. The molecule has 4 aromatic carbocycles. The lowest BCUT2D eigenvalue weighted by Crippen LogP contribution is -2.33. The zero-order valence-electron chi connectivity index (χ0n) is 31.1. The van der Waals surface area contributed by atoms with Gasteiger partial charge in [-0.2, -0.15) is 45.4 Å². The number of sulfone groups is 1. The van der Waals surface area contributed by atoms with E-state index in [-0.39, 0.29) is 45.5 Å². The van der Waals surface area contributed by atoms with Gasteiger partial charge in [0.05, 0.1) is 43.9 Å². The molecule has 1 aliphatic heterocycles. The van der Waals surface area contributed by atoms with E-state index < -0.39 is 141 Å². The molecule has 0 unspecified atom stereocenters. The van der Waals surface area contributed by atoms with E-state index in [2.05, 4.69) is 10.3 Å². The molecule has 336 valence electrons. The largest absolute Gasteiger partial charge is 0.506 e. The molecular formula is C34H28N2O20S7. The molecule has 29 heteroatoms. The average molecular weight is 1010 g/mol. The number of anilines is 2. The second-order valence-corrected chi connectivity index (χ2v) is 22.3. The maximum absolute atomic E-state index is 14.4. The summed E-state index contributed by atoms with van der Waals surface area (Å²) in [4.78, 5) is 26.7. The minimum atomic E-state index is -5.61. The molecule has 0 saturated carbocycles. The predicted octanol–water partition coefficient (Wildman–Crippen LogP) is 0.969. The molecule has 6 rings (SSSR count). The first-order valence-electron chi connectivity index (χ1n) is 16.9. The van der Waals surface area contributed by atoms with Crippen molar-refractivity contribution in [2.45, 2.75) is 26.0 Å². The molecule has 63 heavy (non-hydrogen) atoms. The standard InChI is InChI=1S/C34H28N2O17S6.O3S/c37-32(18-7-2-1-3-8-18)30-27-19-9-4-5-10-20(19)33(38)28-22(16-26(59(51,52)53)31(29(27)28)36-34(30)39)35-21-15-24(25(58(48,49)50)17-23(21)57(45,46)47)55(40,41)14-12-54-11-6-13-56(42,43)44;1-4(2)3/h1-5,7-10,15-17,35,37H,6,11-14H2,(H,42,43,44)(H,45,46,47)(H,48,49,50)(H,51,52,53);. The first-order chi connectivity index (χ1) is 29.0. The molecule has 0 aromatic heterocycles. The summed E-state index contributed by atoms with van der Waals surface area (Å²) in [7, 11) is -28.9. The number of hydrogen-bond acceptors (Lipinski definition) is 19. The van der Waals surface area contributed by atoms with Crippen LogP contribution in [0, 0.1) is 10.4 Å². The van der Waals surface area contributed by atoms with Gasteiger partial charge in [-0.1, -0.05) is 54.6 Å². The summed E-state index contributed by atoms with van der Waals surface area (Å²) in [5.74, 6) is -2.52. The fourth-order valence-corrected chi connectivity index (χ4v) is 12.5. The fourth-order valence-electron chi connectivity index (χ4n) is 6.35. The predicted molar refractivity (Wildman–Crippen MR) is 224 cm³/mol. The molecule has 2 aliphatic rings. The van der Waals surface area contributed by atoms with Gasteiger partial charge in [-0.3, -0.25) is 27.8 Å². The van der Waals surface area contributed by atoms with Crippen LogP contribution < -0.4 is 21.5 Å². The summed E-state index contributed by atoms with van der Waals surface area (Å²) >= 11 is 0.874. The Labute approximate surface area is 361 Å². The van der Waals surface area contributed by atoms with Crippen LogP contribution in [0.25, 0.3) is 27.4 Å². The van der Waals surface area contributed by atoms with Gasteiger partial charge in [0.2, 0.25) is 0 Å². The molecule has 22 nitrogen and oxygen atoms in total. The third kappa shape index (κ3) is 10.9. The fraction of sp³-hybridized carbons (Fsp3) is 0.147. The second kappa shape index (κ2) is 18.1. The minimum absolute atomic E-state index is 0.00853. The molecule has 0 bridgehead atoms. The number of aromatic nitrogens is 1. The van der Waals surface area contributed by atoms with Gasteiger partial charge in [-0.25, -0.2) is 13.4 Å². The van der Waals surface area contributed by atoms with E-state index in [9.17, 15) is 70.4 Å². The van der Waals surface area contributed by atoms with Crippen molar-refractivity contribution < 1.29 is 78.0 Å². The van der Waals surface area contributed by atoms with Gasteiger partial charge in [0.1, 0.15) is 20.4 Å². The lowest BCUT2D eigenvalue weighted by atomic mass is 9.96. The Bertz CT molecular complexity index is 3780. The van der Waals surface area contributed by atoms with Gasteiger partial charge >= 0.3 is 10.6 Å². The third-order valence-corrected chi connectivity index (χ3v) is 15.5. The van der Waals surface area contributed by atoms with E-state index in [0.717, 1.165) is 11.8 Å². The maximum Gasteiger partial charge on any atom is 0.425 e. The third-order valence-electron chi connectivity index (χ3n) is 8.82. The Morgan fingerprint density at radius 3 is 1.73 bits per heavy atom. The molecule has 4 aromatic rings. The van der Waals surface area contributed by atoms with E-state index in [1.807, 2.05) is 0 Å². The average Bonchev–Trinajstić information content (AvgIpc) is 3.16. The van der Waals surface area contributed by atoms with Crippen LogP contribution in [-0.4, -0.2) is 106 Å². The summed E-state index contributed by atoms with van der Waals surface area (Å²) in [6, 6.07) is 14.1. The topological polar surface area (TPSA) is 382 Å². The number of benzene rings is 4. The molecular weight excluding hydrogens is 981 g/mol. The van der Waals surface area contributed by atoms with Crippen molar-refractivity contribution in [2.75, 3.05) is 28.3 Å². The number of thioether (sulfide) groups is 1. The van der Waals surface area contributed by atoms with Crippen LogP contribution in [0.2, 0.25) is 0 Å². The van der Waals surface area contributed by atoms with Crippen molar-refractivity contribution in [3.8, 4) is 0 Å². The second-order valence-electron chi connectivity index (χ2n) is 12.9. The summed E-state index contributed by atoms with van der Waals surface area (Å²) in [5, 5.41) is 11.9. The van der Waals surface area contributed by atoms with Crippen LogP contribution in [0.15, 0.2) is 102 Å². The first-order valence-corrected chi connectivity index (χ1v) is 26.7. The van der Waals surface area contributed by atoms with Gasteiger partial charge in [0.15, 0.2) is 15.3 Å². The first kappa shape index (κ1) is 48.8. The normalized spacial score (nSPS) is 13.1. The Balaban J connectivity index is 0.00000179. The molecule has 0 amide bonds. The highest BCUT2D eigenvalue weighted by atomic mass is 32.2. The quantitative estimate of drug-likeness (QED) is 0.0654. The Kier molecular flexibility index (Phi) is 14.0. The van der Waals surface area contributed by atoms with Crippen molar-refractivity contribution in [1.82, 2.24) is 4.98 Å². The van der Waals surface area contributed by atoms with Crippen LogP contribution in [-0.2, 0) is 60.9 Å². The van der Waals surface area contributed by atoms with Gasteiger partial charge < -0.3 is 10.4 Å². The smallest absolute Gasteiger partial charge is 0.425 e. The van der Waals surface area contributed by atoms with Crippen LogP contribution in [0.1, 0.15) is 12.0 Å². The highest BCUT2D eigenvalue weighted by molar-refractivity contribution is 8.00. The van der Waals surface area contributed by atoms with Crippen molar-refractivity contribution >= 4 is 111 Å². The molecule has 0 fully saturated rings. The monoisotopic (exact) mass is 1010 g/mol. The Morgan fingerprint density at radius 2 is 1.17 bits per heavy atom. The zero-order valence-corrected chi connectivity index (χ0v) is 36.8. The molecule has 1 aliphatic carbocycles. The van der Waals surface area contributed by atoms with Gasteiger partial charge in [0.25, 0.3) is 46.0 Å². The highest BCUT2D eigenvalue weighted by Gasteiger charge is 2.32. The van der Waals surface area contributed by atoms with E-state index in [1.54, 1.807) is 6.07 Å². The molecule has 0 radical (unpaired) electrons. The number of hydrogen-bond donors (Lipinski definition) is 6. The Hall–Kier alpha value is -5.21. The number of fused-ring (bicyclic) bond motifs is 2. The van der Waals surface area contributed by atoms with Gasteiger partial charge in [-0.05, 0) is 35.8 Å². The number of aliphatic hydroxyl groups is 1. The van der Waals surface area contributed by atoms with Crippen LogP contribution in [0.3, 0.4) is 0 Å². The Morgan fingerprint density at radius 1 is 0.635 bits per heavy atom. The zero-order chi connectivity index (χ0) is 47.0. The SMILES string of the molecule is O=S(=O)=O.O=c1nc2c(S(=O)(=O)O)cc(Nc3cc(S(=O)(=O)CCSCCCS(=O)(=O)O)c(S(=O)(=O)O)cc3S(=O)(=O)O)c3c2=c(c1=C(O)c1ccccc1)c1ccccc1c3=O. The van der Waals surface area contributed by atoms with E-state index in [1.165, 1.54) is 48.5 Å². The lowest BCUT2D eigenvalue weighted by molar-refractivity contribution is 0.476. The molecule has 0 spiro atoms. The van der Waals surface area contributed by atoms with Gasteiger partial charge in [-0.15, -0.1) is 12.6 Å². The summed E-state index contributed by atoms with van der Waals surface area (Å²) < 4.78 is 191. The van der Waals surface area contributed by atoms with E-state index >= 15 is 0 Å². The minimum Gasteiger partial charge on any atom is -0.506 e. The number of aliphatic hydroxyl groups excluding tert-OH is 1. The molecule has 0 atom stereocenters. The molecule has 6 N–H and O–H groups in total. The van der Waals surface area contributed by atoms with Crippen molar-refractivity contribution in [1.29, 1.82) is 0 Å². The van der Waals surface area contributed by atoms with Crippen LogP contribution in [0.5, 0.6) is 0 Å². The highest BCUT2D eigenvalue weighted by Crippen LogP contribution is 2.37. The number of nitrogens with zero attached hydrogens (tertiary/aromatic N) is 1. The summed E-state index contributed by atoms with van der Waals surface area (Å²) in [5.41, 5.74) is -4.54. The maximum atomic E-state index is 14.4. The van der Waals surface area contributed by atoms with Crippen LogP contribution >= 0.6 is 11.8 Å². The number of rotatable bonds is 14. The van der Waals surface area contributed by atoms with Crippen molar-refractivity contribution in [3.63, 3.8) is 0 Å². The molecule has 0 saturated heterocycles.